The van der Waals surface area contributed by atoms with Gasteiger partial charge in [0.1, 0.15) is 54.6 Å². The molecule has 0 aliphatic carbocycles. The molecule has 2 saturated heterocycles. The smallest absolute Gasteiger partial charge is 0.470 e. The average molecular weight is 666 g/mol. The number of aliphatic hydroxyl groups is 3. The predicted molar refractivity (Wildman–Crippen MR) is 121 cm³/mol. The maximum Gasteiger partial charge on any atom is 0.470 e. The van der Waals surface area contributed by atoms with Gasteiger partial charge in [-0.05, 0) is 0 Å². The zero-order chi connectivity index (χ0) is 31.2. The summed E-state index contributed by atoms with van der Waals surface area (Å²) in [6, 6.07) is 0. The number of nitrogen functional groups attached to an aromatic ring is 1. The molecule has 8 N–H and O–H groups in total. The first-order valence-electron chi connectivity index (χ1n) is 11.4. The Morgan fingerprint density at radius 3 is 2.12 bits per heavy atom. The lowest BCUT2D eigenvalue weighted by Crippen LogP contribution is -2.62. The van der Waals surface area contributed by atoms with Gasteiger partial charge in [0.15, 0.2) is 24.0 Å². The summed E-state index contributed by atoms with van der Waals surface area (Å²) in [5.41, 5.74) is 5.80. The molecule has 0 aromatic carbocycles. The molecule has 26 heteroatoms. The lowest BCUT2D eigenvalue weighted by molar-refractivity contribution is -0.364. The highest BCUT2D eigenvalue weighted by Crippen LogP contribution is 2.47. The van der Waals surface area contributed by atoms with Crippen molar-refractivity contribution in [3.05, 3.63) is 12.7 Å². The summed E-state index contributed by atoms with van der Waals surface area (Å²) in [4.78, 5) is 74.0. The quantitative estimate of drug-likeness (QED) is 0.110. The Labute approximate surface area is 233 Å². The van der Waals surface area contributed by atoms with Gasteiger partial charge in [0.25, 0.3) is 7.82 Å². The van der Waals surface area contributed by atoms with Crippen LogP contribution in [0.5, 0.6) is 0 Å². The van der Waals surface area contributed by atoms with E-state index in [-0.39, 0.29) is 17.0 Å². The minimum Gasteiger partial charge on any atom is -0.790 e. The molecule has 0 bridgehead atoms. The lowest BCUT2D eigenvalue weighted by atomic mass is 9.99. The van der Waals surface area contributed by atoms with Crippen LogP contribution in [0.4, 0.5) is 5.82 Å². The van der Waals surface area contributed by atoms with Crippen LogP contribution in [0.3, 0.4) is 0 Å². The number of hydrogen-bond donors (Lipinski definition) is 7. The number of fused-ring (bicyclic) bond motifs is 1. The van der Waals surface area contributed by atoms with Crippen LogP contribution >= 0.6 is 23.5 Å². The van der Waals surface area contributed by atoms with E-state index in [0.717, 1.165) is 17.2 Å². The van der Waals surface area contributed by atoms with Crippen molar-refractivity contribution in [2.75, 3.05) is 18.9 Å². The molecule has 0 saturated carbocycles. The molecule has 10 atom stereocenters. The highest BCUT2D eigenvalue weighted by Gasteiger charge is 2.55. The van der Waals surface area contributed by atoms with Gasteiger partial charge in [-0.15, -0.1) is 0 Å². The lowest BCUT2D eigenvalue weighted by Gasteiger charge is -2.47. The summed E-state index contributed by atoms with van der Waals surface area (Å²) in [5.74, 6) is -0.0763. The molecule has 2 aromatic rings. The van der Waals surface area contributed by atoms with Crippen molar-refractivity contribution in [3.8, 4) is 0 Å². The Morgan fingerprint density at radius 1 is 0.905 bits per heavy atom. The van der Waals surface area contributed by atoms with E-state index in [1.54, 1.807) is 0 Å². The summed E-state index contributed by atoms with van der Waals surface area (Å²) in [6.45, 7) is -2.13. The molecule has 0 amide bonds. The van der Waals surface area contributed by atoms with Gasteiger partial charge in [-0.1, -0.05) is 0 Å². The Hall–Kier alpha value is -1.56. The molecule has 1 unspecified atom stereocenters. The molecular weight excluding hydrogens is 643 g/mol. The van der Waals surface area contributed by atoms with Gasteiger partial charge < -0.3 is 78.2 Å². The Balaban J connectivity index is 1.71. The molecule has 4 rings (SSSR count). The molecule has 0 radical (unpaired) electrons. The number of aromatic nitrogens is 4. The first kappa shape index (κ1) is 33.3. The zero-order valence-corrected chi connectivity index (χ0v) is 23.2. The SMILES string of the molecule is Nc1ncnc2c1ncn2[C@@H]1O[C@H](CO)[C@@H](O[C@H]2O[C@H](CO)[C@@H](OP(=O)([O-])[O-])[C@H](OP(=O)([O-])O)[C@H]2O)[C@H]1OP(=O)(O)O. The number of rotatable bonds is 11. The van der Waals surface area contributed by atoms with E-state index >= 15 is 0 Å². The van der Waals surface area contributed by atoms with E-state index in [1.165, 1.54) is 0 Å². The maximum absolute atomic E-state index is 11.9. The van der Waals surface area contributed by atoms with Crippen molar-refractivity contribution < 1.29 is 86.2 Å². The highest BCUT2D eigenvalue weighted by molar-refractivity contribution is 7.46. The van der Waals surface area contributed by atoms with Crippen LogP contribution in [0.25, 0.3) is 11.2 Å². The number of phosphoric acid groups is 3. The number of phosphoric ester groups is 3. The Kier molecular flexibility index (Phi) is 9.88. The fourth-order valence-corrected chi connectivity index (χ4v) is 6.08. The molecular formula is C16H23N5O18P3-3. The van der Waals surface area contributed by atoms with Gasteiger partial charge in [0.05, 0.1) is 27.4 Å². The fourth-order valence-electron chi connectivity index (χ4n) is 4.43. The van der Waals surface area contributed by atoms with Gasteiger partial charge in [0.2, 0.25) is 0 Å². The maximum atomic E-state index is 11.9. The summed E-state index contributed by atoms with van der Waals surface area (Å²) >= 11 is 0. The van der Waals surface area contributed by atoms with Gasteiger partial charge in [-0.3, -0.25) is 13.7 Å². The van der Waals surface area contributed by atoms with Crippen molar-refractivity contribution >= 4 is 40.4 Å². The topological polar surface area (TPSA) is 367 Å². The highest BCUT2D eigenvalue weighted by atomic mass is 31.2. The van der Waals surface area contributed by atoms with Crippen LogP contribution in [0.15, 0.2) is 12.7 Å². The van der Waals surface area contributed by atoms with E-state index in [9.17, 15) is 58.4 Å². The van der Waals surface area contributed by atoms with Crippen molar-refractivity contribution in [1.82, 2.24) is 19.5 Å². The first-order valence-corrected chi connectivity index (χ1v) is 15.9. The fraction of sp³-hybridized carbons (Fsp3) is 0.688. The second-order valence-corrected chi connectivity index (χ2v) is 12.2. The Morgan fingerprint density at radius 2 is 1.55 bits per heavy atom. The minimum absolute atomic E-state index is 0.0132. The van der Waals surface area contributed by atoms with E-state index < -0.39 is 91.9 Å². The van der Waals surface area contributed by atoms with Gasteiger partial charge in [-0.25, -0.2) is 19.5 Å². The van der Waals surface area contributed by atoms with Crippen LogP contribution in [0.2, 0.25) is 0 Å². The third kappa shape index (κ3) is 7.56. The normalized spacial score (nSPS) is 34.1. The van der Waals surface area contributed by atoms with E-state index in [4.69, 9.17) is 24.5 Å². The van der Waals surface area contributed by atoms with Crippen LogP contribution in [0, 0.1) is 0 Å². The molecule has 2 aromatic heterocycles. The summed E-state index contributed by atoms with van der Waals surface area (Å²) in [5, 5.41) is 30.5. The van der Waals surface area contributed by atoms with Gasteiger partial charge >= 0.3 is 7.82 Å². The monoisotopic (exact) mass is 666 g/mol. The molecule has 2 fully saturated rings. The number of imidazole rings is 1. The van der Waals surface area contributed by atoms with Crippen LogP contribution in [0.1, 0.15) is 6.23 Å². The average Bonchev–Trinajstić information content (AvgIpc) is 3.42. The van der Waals surface area contributed by atoms with Crippen molar-refractivity contribution in [1.29, 1.82) is 0 Å². The molecule has 0 spiro atoms. The van der Waals surface area contributed by atoms with E-state index in [1.807, 2.05) is 0 Å². The second kappa shape index (κ2) is 12.4. The van der Waals surface area contributed by atoms with Crippen molar-refractivity contribution in [2.45, 2.75) is 55.2 Å². The number of nitrogens with two attached hydrogens (primary N) is 1. The number of aliphatic hydroxyl groups excluding tert-OH is 3. The van der Waals surface area contributed by atoms with Crippen molar-refractivity contribution in [2.24, 2.45) is 0 Å². The van der Waals surface area contributed by atoms with E-state index in [2.05, 4.69) is 24.0 Å². The Bertz CT molecular complexity index is 1400. The minimum atomic E-state index is -5.96. The largest absolute Gasteiger partial charge is 0.790 e. The molecule has 2 aliphatic heterocycles. The molecule has 2 aliphatic rings. The number of anilines is 1. The molecule has 42 heavy (non-hydrogen) atoms. The second-order valence-electron chi connectivity index (χ2n) is 8.76. The van der Waals surface area contributed by atoms with Gasteiger partial charge in [-0.2, -0.15) is 0 Å². The zero-order valence-electron chi connectivity index (χ0n) is 20.6. The predicted octanol–water partition coefficient (Wildman–Crippen LogP) is -5.70. The molecule has 4 heterocycles. The van der Waals surface area contributed by atoms with Crippen molar-refractivity contribution in [3.63, 3.8) is 0 Å². The van der Waals surface area contributed by atoms with Crippen LogP contribution in [-0.2, 0) is 41.5 Å². The number of ether oxygens (including phenoxy) is 3. The van der Waals surface area contributed by atoms with Gasteiger partial charge in [0, 0.05) is 0 Å². The number of nitrogens with zero attached hydrogens (tertiary/aromatic N) is 4. The first-order chi connectivity index (χ1) is 19.4. The number of hydrogen-bond acceptors (Lipinski definition) is 19. The third-order valence-corrected chi connectivity index (χ3v) is 7.51. The molecule has 238 valence electrons. The van der Waals surface area contributed by atoms with E-state index in [0.29, 0.717) is 0 Å². The van der Waals surface area contributed by atoms with Crippen LogP contribution < -0.4 is 20.4 Å². The van der Waals surface area contributed by atoms with Crippen LogP contribution in [-0.4, -0.2) is 112 Å². The summed E-state index contributed by atoms with van der Waals surface area (Å²) in [6.07, 6.45) is -16.1. The molecule has 23 nitrogen and oxygen atoms in total. The third-order valence-electron chi connectivity index (χ3n) is 5.98. The summed E-state index contributed by atoms with van der Waals surface area (Å²) in [7, 11) is -17.1. The standard InChI is InChI=1S/C16H26N5O18P3/c17-13-7-14(19-3-18-13)21(4-20-7)15-12(39-42(31,32)33)9(5(1-22)34-15)36-16-8(24)11(38-41(28,29)30)10(6(2-23)35-16)37-40(25,26)27/h3-6,8-12,15-16,22-24H,1-2H2,(H2,17,18,19)(H2,25,26,27)(H2,28,29,30)(H2,31,32,33)/p-3/t5-,6-,8-,9-,10-,11-,12-,15-,16-/m1/s1. The summed E-state index contributed by atoms with van der Waals surface area (Å²) < 4.78 is 65.6.